The van der Waals surface area contributed by atoms with Gasteiger partial charge in [0, 0.05) is 25.4 Å². The van der Waals surface area contributed by atoms with Crippen LogP contribution in [-0.4, -0.2) is 36.3 Å². The van der Waals surface area contributed by atoms with Crippen LogP contribution in [0, 0.1) is 5.41 Å². The van der Waals surface area contributed by atoms with E-state index in [1.54, 1.807) is 0 Å². The molecule has 0 spiro atoms. The lowest BCUT2D eigenvalue weighted by Gasteiger charge is -2.23. The molecular formula is C10H23NOS. The maximum atomic E-state index is 8.81. The Morgan fingerprint density at radius 2 is 2.08 bits per heavy atom. The average Bonchev–Trinajstić information content (AvgIpc) is 2.04. The minimum Gasteiger partial charge on any atom is -0.396 e. The highest BCUT2D eigenvalue weighted by atomic mass is 32.2. The Morgan fingerprint density at radius 3 is 2.62 bits per heavy atom. The van der Waals surface area contributed by atoms with Gasteiger partial charge in [-0.1, -0.05) is 20.8 Å². The summed E-state index contributed by atoms with van der Waals surface area (Å²) in [5, 5.41) is 12.2. The summed E-state index contributed by atoms with van der Waals surface area (Å²) >= 11 is 1.96. The lowest BCUT2D eigenvalue weighted by molar-refractivity contribution is 0.208. The van der Waals surface area contributed by atoms with Crippen molar-refractivity contribution in [3.05, 3.63) is 0 Å². The van der Waals surface area contributed by atoms with Crippen molar-refractivity contribution in [3.8, 4) is 0 Å². The molecule has 0 aromatic carbocycles. The average molecular weight is 205 g/mol. The summed E-state index contributed by atoms with van der Waals surface area (Å²) in [6.45, 7) is 8.91. The number of rotatable bonds is 8. The van der Waals surface area contributed by atoms with E-state index >= 15 is 0 Å². The Kier molecular flexibility index (Phi) is 7.81. The SMILES string of the molecule is CCSCCNCC(C)(C)CCO. The number of hydrogen-bond donors (Lipinski definition) is 2. The predicted octanol–water partition coefficient (Wildman–Crippen LogP) is 1.74. The molecule has 0 unspecified atom stereocenters. The molecule has 0 amide bonds. The number of hydrogen-bond acceptors (Lipinski definition) is 3. The first-order valence-electron chi connectivity index (χ1n) is 5.01. The Hall–Kier alpha value is 0.270. The van der Waals surface area contributed by atoms with Crippen LogP contribution in [0.5, 0.6) is 0 Å². The van der Waals surface area contributed by atoms with Crippen molar-refractivity contribution in [1.29, 1.82) is 0 Å². The molecule has 2 nitrogen and oxygen atoms in total. The van der Waals surface area contributed by atoms with Crippen LogP contribution in [0.3, 0.4) is 0 Å². The Bertz CT molecular complexity index is 117. The van der Waals surface area contributed by atoms with Gasteiger partial charge in [-0.25, -0.2) is 0 Å². The smallest absolute Gasteiger partial charge is 0.0436 e. The van der Waals surface area contributed by atoms with Crippen LogP contribution >= 0.6 is 11.8 Å². The third-order valence-corrected chi connectivity index (χ3v) is 2.92. The summed E-state index contributed by atoms with van der Waals surface area (Å²) < 4.78 is 0. The Morgan fingerprint density at radius 1 is 1.38 bits per heavy atom. The van der Waals surface area contributed by atoms with Gasteiger partial charge in [-0.15, -0.1) is 0 Å². The molecule has 3 heteroatoms. The van der Waals surface area contributed by atoms with E-state index in [4.69, 9.17) is 5.11 Å². The fraction of sp³-hybridized carbons (Fsp3) is 1.00. The second-order valence-corrected chi connectivity index (χ2v) is 5.41. The van der Waals surface area contributed by atoms with Crippen molar-refractivity contribution < 1.29 is 5.11 Å². The van der Waals surface area contributed by atoms with Gasteiger partial charge in [0.15, 0.2) is 0 Å². The van der Waals surface area contributed by atoms with Gasteiger partial charge in [-0.3, -0.25) is 0 Å². The monoisotopic (exact) mass is 205 g/mol. The number of thioether (sulfide) groups is 1. The highest BCUT2D eigenvalue weighted by Gasteiger charge is 2.15. The largest absolute Gasteiger partial charge is 0.396 e. The molecule has 80 valence electrons. The van der Waals surface area contributed by atoms with Gasteiger partial charge in [-0.2, -0.15) is 11.8 Å². The van der Waals surface area contributed by atoms with Gasteiger partial charge in [0.1, 0.15) is 0 Å². The third kappa shape index (κ3) is 8.60. The van der Waals surface area contributed by atoms with E-state index in [1.807, 2.05) is 11.8 Å². The van der Waals surface area contributed by atoms with E-state index in [2.05, 4.69) is 26.1 Å². The van der Waals surface area contributed by atoms with E-state index in [1.165, 1.54) is 11.5 Å². The standard InChI is InChI=1S/C10H23NOS/c1-4-13-8-6-11-9-10(2,3)5-7-12/h11-12H,4-9H2,1-3H3. The first-order valence-corrected chi connectivity index (χ1v) is 6.17. The van der Waals surface area contributed by atoms with Crippen molar-refractivity contribution in [3.63, 3.8) is 0 Å². The number of aliphatic hydroxyl groups excluding tert-OH is 1. The van der Waals surface area contributed by atoms with Crippen molar-refractivity contribution in [2.24, 2.45) is 5.41 Å². The molecule has 0 rings (SSSR count). The lowest BCUT2D eigenvalue weighted by atomic mass is 9.90. The summed E-state index contributed by atoms with van der Waals surface area (Å²) in [7, 11) is 0. The van der Waals surface area contributed by atoms with E-state index < -0.39 is 0 Å². The highest BCUT2D eigenvalue weighted by molar-refractivity contribution is 7.99. The molecule has 13 heavy (non-hydrogen) atoms. The van der Waals surface area contributed by atoms with Gasteiger partial charge < -0.3 is 10.4 Å². The second-order valence-electron chi connectivity index (χ2n) is 4.01. The molecule has 2 N–H and O–H groups in total. The zero-order chi connectivity index (χ0) is 10.2. The zero-order valence-electron chi connectivity index (χ0n) is 9.10. The number of nitrogens with one attached hydrogen (secondary N) is 1. The van der Waals surface area contributed by atoms with E-state index in [0.717, 1.165) is 19.5 Å². The molecule has 0 fully saturated rings. The Balaban J connectivity index is 3.29. The van der Waals surface area contributed by atoms with Crippen LogP contribution in [0.2, 0.25) is 0 Å². The van der Waals surface area contributed by atoms with Crippen LogP contribution in [0.15, 0.2) is 0 Å². The van der Waals surface area contributed by atoms with Gasteiger partial charge in [0.05, 0.1) is 0 Å². The summed E-state index contributed by atoms with van der Waals surface area (Å²) in [6.07, 6.45) is 0.876. The van der Waals surface area contributed by atoms with Gasteiger partial charge in [0.25, 0.3) is 0 Å². The fourth-order valence-electron chi connectivity index (χ4n) is 1.11. The van der Waals surface area contributed by atoms with E-state index in [-0.39, 0.29) is 5.41 Å². The first-order chi connectivity index (χ1) is 6.12. The molecule has 0 aromatic rings. The van der Waals surface area contributed by atoms with Gasteiger partial charge in [0.2, 0.25) is 0 Å². The van der Waals surface area contributed by atoms with Crippen LogP contribution in [-0.2, 0) is 0 Å². The highest BCUT2D eigenvalue weighted by Crippen LogP contribution is 2.17. The van der Waals surface area contributed by atoms with Crippen molar-refractivity contribution in [2.75, 3.05) is 31.2 Å². The third-order valence-electron chi connectivity index (χ3n) is 2.02. The normalized spacial score (nSPS) is 12.0. The molecular weight excluding hydrogens is 182 g/mol. The predicted molar refractivity (Wildman–Crippen MR) is 61.4 cm³/mol. The molecule has 0 atom stereocenters. The molecule has 0 bridgehead atoms. The van der Waals surface area contributed by atoms with Crippen LogP contribution in [0.25, 0.3) is 0 Å². The summed E-state index contributed by atoms with van der Waals surface area (Å²) in [5.74, 6) is 2.38. The molecule has 0 aromatic heterocycles. The maximum Gasteiger partial charge on any atom is 0.0436 e. The molecule has 0 aliphatic heterocycles. The van der Waals surface area contributed by atoms with Crippen molar-refractivity contribution >= 4 is 11.8 Å². The van der Waals surface area contributed by atoms with E-state index in [0.29, 0.717) is 6.61 Å². The molecule has 0 saturated heterocycles. The summed E-state index contributed by atoms with van der Waals surface area (Å²) in [6, 6.07) is 0. The lowest BCUT2D eigenvalue weighted by Crippen LogP contribution is -2.31. The summed E-state index contributed by atoms with van der Waals surface area (Å²) in [4.78, 5) is 0. The molecule has 0 saturated carbocycles. The van der Waals surface area contributed by atoms with E-state index in [9.17, 15) is 0 Å². The molecule has 0 aliphatic rings. The Labute approximate surface area is 86.5 Å². The molecule has 0 radical (unpaired) electrons. The van der Waals surface area contributed by atoms with Gasteiger partial charge in [-0.05, 0) is 17.6 Å². The number of aliphatic hydroxyl groups is 1. The fourth-order valence-corrected chi connectivity index (χ4v) is 1.68. The summed E-state index contributed by atoms with van der Waals surface area (Å²) in [5.41, 5.74) is 0.228. The first kappa shape index (κ1) is 13.3. The van der Waals surface area contributed by atoms with Crippen LogP contribution < -0.4 is 5.32 Å². The quantitative estimate of drug-likeness (QED) is 0.592. The van der Waals surface area contributed by atoms with Crippen molar-refractivity contribution in [1.82, 2.24) is 5.32 Å². The van der Waals surface area contributed by atoms with Crippen LogP contribution in [0.1, 0.15) is 27.2 Å². The maximum absolute atomic E-state index is 8.81. The second kappa shape index (κ2) is 7.65. The molecule has 0 aliphatic carbocycles. The minimum atomic E-state index is 0.228. The molecule has 0 heterocycles. The van der Waals surface area contributed by atoms with Crippen LogP contribution in [0.4, 0.5) is 0 Å². The van der Waals surface area contributed by atoms with Crippen molar-refractivity contribution in [2.45, 2.75) is 27.2 Å². The topological polar surface area (TPSA) is 32.3 Å². The zero-order valence-corrected chi connectivity index (χ0v) is 9.91. The minimum absolute atomic E-state index is 0.228. The van der Waals surface area contributed by atoms with Gasteiger partial charge >= 0.3 is 0 Å².